The Hall–Kier alpha value is -2.65. The van der Waals surface area contributed by atoms with Gasteiger partial charge in [-0.05, 0) is 96.5 Å². The van der Waals surface area contributed by atoms with Crippen molar-refractivity contribution in [3.05, 3.63) is 53.8 Å². The van der Waals surface area contributed by atoms with Crippen molar-refractivity contribution >= 4 is 17.9 Å². The number of aliphatic imine (C=N–C) groups is 1. The molecule has 4 aliphatic rings. The summed E-state index contributed by atoms with van der Waals surface area (Å²) in [6.45, 7) is 8.47. The Kier molecular flexibility index (Phi) is 8.98. The zero-order valence-corrected chi connectivity index (χ0v) is 23.9. The van der Waals surface area contributed by atoms with Crippen molar-refractivity contribution in [2.45, 2.75) is 85.0 Å². The van der Waals surface area contributed by atoms with Crippen molar-refractivity contribution in [1.82, 2.24) is 0 Å². The molecule has 2 bridgehead atoms. The lowest BCUT2D eigenvalue weighted by Gasteiger charge is -2.62. The Bertz CT molecular complexity index is 1090. The third kappa shape index (κ3) is 5.54. The van der Waals surface area contributed by atoms with Gasteiger partial charge in [-0.1, -0.05) is 70.0 Å². The van der Waals surface area contributed by atoms with Crippen LogP contribution in [0.2, 0.25) is 0 Å². The third-order valence-electron chi connectivity index (χ3n) is 10.5. The van der Waals surface area contributed by atoms with Crippen LogP contribution in [0.1, 0.15) is 84.1 Å². The molecule has 38 heavy (non-hydrogen) atoms. The second kappa shape index (κ2) is 12.0. The minimum atomic E-state index is 0.203. The Morgan fingerprint density at radius 2 is 1.95 bits per heavy atom. The van der Waals surface area contributed by atoms with Gasteiger partial charge in [-0.2, -0.15) is 5.10 Å². The van der Waals surface area contributed by atoms with E-state index in [9.17, 15) is 0 Å². The number of fused-ring (bicyclic) bond motifs is 3. The number of rotatable bonds is 7. The van der Waals surface area contributed by atoms with Gasteiger partial charge in [-0.25, -0.2) is 4.79 Å². The van der Waals surface area contributed by atoms with Gasteiger partial charge in [0.2, 0.25) is 0 Å². The molecule has 4 aliphatic carbocycles. The molecule has 3 fully saturated rings. The van der Waals surface area contributed by atoms with Crippen LogP contribution < -0.4 is 5.84 Å². The summed E-state index contributed by atoms with van der Waals surface area (Å²) in [6, 6.07) is 10.7. The van der Waals surface area contributed by atoms with Crippen molar-refractivity contribution in [1.29, 1.82) is 0 Å². The Labute approximate surface area is 229 Å². The van der Waals surface area contributed by atoms with Crippen LogP contribution in [0, 0.1) is 34.0 Å². The number of aryl methyl sites for hydroxylation is 1. The number of methoxy groups -OCH3 is 1. The van der Waals surface area contributed by atoms with Crippen molar-refractivity contribution in [2.75, 3.05) is 13.7 Å². The summed E-state index contributed by atoms with van der Waals surface area (Å²) in [5.41, 5.74) is 4.76. The lowest BCUT2D eigenvalue weighted by atomic mass is 9.43. The number of hydrazone groups is 1. The number of allylic oxidation sites excluding steroid dienone is 2. The number of benzene rings is 1. The summed E-state index contributed by atoms with van der Waals surface area (Å²) >= 11 is 0. The van der Waals surface area contributed by atoms with E-state index in [1.165, 1.54) is 75.6 Å². The van der Waals surface area contributed by atoms with Crippen LogP contribution in [0.25, 0.3) is 0 Å². The molecular weight excluding hydrogens is 470 g/mol. The van der Waals surface area contributed by atoms with Gasteiger partial charge in [0.05, 0.1) is 7.11 Å². The minimum absolute atomic E-state index is 0.203. The van der Waals surface area contributed by atoms with Crippen molar-refractivity contribution in [2.24, 2.45) is 49.9 Å². The van der Waals surface area contributed by atoms with Gasteiger partial charge in [0, 0.05) is 12.8 Å². The first-order chi connectivity index (χ1) is 18.3. The fourth-order valence-electron chi connectivity index (χ4n) is 8.94. The van der Waals surface area contributed by atoms with Gasteiger partial charge in [-0.15, -0.1) is 0 Å². The summed E-state index contributed by atoms with van der Waals surface area (Å²) in [5.74, 6) is 10.0. The molecule has 0 aliphatic heterocycles. The van der Waals surface area contributed by atoms with E-state index in [2.05, 4.69) is 67.0 Å². The topological polar surface area (TPSA) is 77.0 Å². The second-order valence-electron chi connectivity index (χ2n) is 12.8. The highest BCUT2D eigenvalue weighted by molar-refractivity contribution is 6.38. The van der Waals surface area contributed by atoms with Crippen LogP contribution in [0.15, 0.2) is 58.3 Å². The van der Waals surface area contributed by atoms with Gasteiger partial charge in [0.25, 0.3) is 0 Å². The van der Waals surface area contributed by atoms with Crippen LogP contribution in [0.5, 0.6) is 0 Å². The number of nitrogens with two attached hydrogens (primary N) is 1. The molecule has 2 N–H and O–H groups in total. The molecule has 5 rings (SSSR count). The SMILES string of the molecule is CC1CCC[C@]2(C)C1CC[C@@]13C=C(/C(C=NCCCc4ccccc4)=N/N)[C@@](C)(CCC12)C3.COC=C=O. The molecular formula is C33H47N3O2. The molecule has 6 atom stereocenters. The fourth-order valence-corrected chi connectivity index (χ4v) is 8.94. The molecule has 5 nitrogen and oxygen atoms in total. The van der Waals surface area contributed by atoms with E-state index in [1.807, 2.05) is 6.21 Å². The number of ether oxygens (including phenoxy) is 1. The molecule has 1 spiro atoms. The summed E-state index contributed by atoms with van der Waals surface area (Å²) in [5, 5.41) is 4.28. The molecule has 0 heterocycles. The van der Waals surface area contributed by atoms with Crippen LogP contribution in [-0.2, 0) is 16.0 Å². The molecule has 3 unspecified atom stereocenters. The van der Waals surface area contributed by atoms with E-state index in [0.717, 1.165) is 49.1 Å². The van der Waals surface area contributed by atoms with E-state index in [-0.39, 0.29) is 5.41 Å². The fraction of sp³-hybridized carbons (Fsp3) is 0.636. The van der Waals surface area contributed by atoms with Gasteiger partial charge in [0.1, 0.15) is 5.71 Å². The highest BCUT2D eigenvalue weighted by Crippen LogP contribution is 2.71. The molecule has 0 amide bonds. The third-order valence-corrected chi connectivity index (χ3v) is 10.5. The zero-order chi connectivity index (χ0) is 27.2. The van der Waals surface area contributed by atoms with Gasteiger partial charge in [-0.3, -0.25) is 4.99 Å². The average Bonchev–Trinajstić information content (AvgIpc) is 3.12. The maximum absolute atomic E-state index is 9.10. The second-order valence-corrected chi connectivity index (χ2v) is 12.8. The van der Waals surface area contributed by atoms with Crippen LogP contribution >= 0.6 is 0 Å². The number of hydrogen-bond donors (Lipinski definition) is 1. The first-order valence-electron chi connectivity index (χ1n) is 14.6. The van der Waals surface area contributed by atoms with Gasteiger partial charge >= 0.3 is 0 Å². The van der Waals surface area contributed by atoms with E-state index in [4.69, 9.17) is 15.6 Å². The molecule has 3 saturated carbocycles. The van der Waals surface area contributed by atoms with E-state index in [1.54, 1.807) is 0 Å². The van der Waals surface area contributed by atoms with Crippen LogP contribution in [-0.4, -0.2) is 31.5 Å². The summed E-state index contributed by atoms with van der Waals surface area (Å²) in [6.07, 6.45) is 18.7. The maximum atomic E-state index is 9.10. The molecule has 0 saturated heterocycles. The molecule has 0 radical (unpaired) electrons. The van der Waals surface area contributed by atoms with Crippen molar-refractivity contribution < 1.29 is 9.53 Å². The lowest BCUT2D eigenvalue weighted by molar-refractivity contribution is -0.115. The quantitative estimate of drug-likeness (QED) is 0.106. The first kappa shape index (κ1) is 28.4. The first-order valence-corrected chi connectivity index (χ1v) is 14.6. The van der Waals surface area contributed by atoms with E-state index >= 15 is 0 Å². The van der Waals surface area contributed by atoms with Crippen LogP contribution in [0.4, 0.5) is 0 Å². The summed E-state index contributed by atoms with van der Waals surface area (Å²) in [7, 11) is 1.39. The zero-order valence-electron chi connectivity index (χ0n) is 23.9. The van der Waals surface area contributed by atoms with E-state index in [0.29, 0.717) is 10.8 Å². The number of nitrogens with zero attached hydrogens (tertiary/aromatic N) is 2. The van der Waals surface area contributed by atoms with E-state index < -0.39 is 0 Å². The smallest absolute Gasteiger partial charge is 0.166 e. The summed E-state index contributed by atoms with van der Waals surface area (Å²) < 4.78 is 4.14. The highest BCUT2D eigenvalue weighted by Gasteiger charge is 2.63. The molecule has 206 valence electrons. The largest absolute Gasteiger partial charge is 0.493 e. The average molecular weight is 518 g/mol. The van der Waals surface area contributed by atoms with Crippen molar-refractivity contribution in [3.8, 4) is 0 Å². The standard InChI is InChI=1S/C30H43N3.C3H4O2/c1-22-9-7-15-29(3)24(22)13-17-30-19-25(28(2,21-30)16-14-27(29)30)26(33-31)20-32-18-8-12-23-10-5-4-6-11-23;1-5-3-2-4/h4-6,10-11,19-20,22,24,27H,7-9,12-18,21,31H2,1-3H3;3H,1H3/b32-20?,33-26+;/t22?,24?,27?,28-,29+,30-;/m0./s1. The number of hydrogen-bond acceptors (Lipinski definition) is 5. The van der Waals surface area contributed by atoms with Gasteiger partial charge < -0.3 is 10.6 Å². The monoisotopic (exact) mass is 517 g/mol. The van der Waals surface area contributed by atoms with Crippen molar-refractivity contribution in [3.63, 3.8) is 0 Å². The predicted octanol–water partition coefficient (Wildman–Crippen LogP) is 6.95. The molecule has 1 aromatic carbocycles. The Morgan fingerprint density at radius 1 is 1.16 bits per heavy atom. The normalized spacial score (nSPS) is 35.7. The highest BCUT2D eigenvalue weighted by atomic mass is 16.5. The maximum Gasteiger partial charge on any atom is 0.166 e. The lowest BCUT2D eigenvalue weighted by Crippen LogP contribution is -2.54. The molecule has 1 aromatic rings. The Balaban J connectivity index is 0.000000617. The Morgan fingerprint density at radius 3 is 2.63 bits per heavy atom. The molecule has 5 heteroatoms. The number of carbonyl (C=O) groups excluding carboxylic acids is 1. The summed E-state index contributed by atoms with van der Waals surface area (Å²) in [4.78, 5) is 13.9. The van der Waals surface area contributed by atoms with Crippen LogP contribution in [0.3, 0.4) is 0 Å². The predicted molar refractivity (Wildman–Crippen MR) is 157 cm³/mol. The molecule has 0 aromatic heterocycles. The minimum Gasteiger partial charge on any atom is -0.493 e. The van der Waals surface area contributed by atoms with Gasteiger partial charge in [0.15, 0.2) is 12.2 Å².